The Kier molecular flexibility index (Phi) is 12.1. The first-order valence-electron chi connectivity index (χ1n) is 14.4. The first kappa shape index (κ1) is 33.5. The normalized spacial score (nSPS) is 13.8. The zero-order chi connectivity index (χ0) is 26.1. The Balaban J connectivity index is 0.00000253. The van der Waals surface area contributed by atoms with Crippen LogP contribution in [0.2, 0.25) is 0 Å². The SMILES string of the molecule is CCCC[C](CCCC)=[Zr]([C]1=CC=CC1)[c]1cc(C(C)(C)C)cc2c1Cc1ccc(C(C)(C)C)cc1-2.Cl.Cl. The maximum Gasteiger partial charge on any atom is -0.147 e. The summed E-state index contributed by atoms with van der Waals surface area (Å²) in [4.78, 5) is 0. The van der Waals surface area contributed by atoms with Crippen molar-refractivity contribution in [1.82, 2.24) is 0 Å². The topological polar surface area (TPSA) is 0 Å². The molecule has 0 fully saturated rings. The van der Waals surface area contributed by atoms with Crippen LogP contribution in [0.15, 0.2) is 51.8 Å². The minimum absolute atomic E-state index is 0. The van der Waals surface area contributed by atoms with Gasteiger partial charge in [-0.25, -0.2) is 0 Å². The second kappa shape index (κ2) is 13.7. The number of unbranched alkanes of at least 4 members (excludes halogenated alkanes) is 2. The van der Waals surface area contributed by atoms with Crippen LogP contribution >= 0.6 is 24.8 Å². The maximum atomic E-state index is 2.70. The van der Waals surface area contributed by atoms with Crippen LogP contribution in [-0.4, -0.2) is 3.21 Å². The Morgan fingerprint density at radius 3 is 1.92 bits per heavy atom. The Morgan fingerprint density at radius 1 is 0.789 bits per heavy atom. The molecule has 0 saturated carbocycles. The molecule has 0 bridgehead atoms. The fourth-order valence-corrected chi connectivity index (χ4v) is 14.2. The van der Waals surface area contributed by atoms with Crippen molar-refractivity contribution in [3.8, 4) is 11.1 Å². The molecule has 0 nitrogen and oxygen atoms in total. The minimum atomic E-state index is -2.21. The summed E-state index contributed by atoms with van der Waals surface area (Å²) in [6, 6.07) is 12.6. The van der Waals surface area contributed by atoms with E-state index in [0.29, 0.717) is 0 Å². The summed E-state index contributed by atoms with van der Waals surface area (Å²) < 4.78 is 5.57. The van der Waals surface area contributed by atoms with Crippen LogP contribution in [0.1, 0.15) is 123 Å². The molecule has 2 aromatic carbocycles. The van der Waals surface area contributed by atoms with E-state index >= 15 is 0 Å². The molecular formula is C35H50Cl2Zr. The van der Waals surface area contributed by atoms with Gasteiger partial charge in [0.25, 0.3) is 0 Å². The van der Waals surface area contributed by atoms with Crippen LogP contribution in [0, 0.1) is 0 Å². The molecule has 0 N–H and O–H groups in total. The molecule has 0 aliphatic heterocycles. The number of rotatable bonds is 8. The first-order chi connectivity index (χ1) is 17.0. The minimum Gasteiger partial charge on any atom is -0.147 e. The van der Waals surface area contributed by atoms with Crippen molar-refractivity contribution in [2.24, 2.45) is 0 Å². The summed E-state index contributed by atoms with van der Waals surface area (Å²) >= 11 is -2.21. The van der Waals surface area contributed by atoms with E-state index in [9.17, 15) is 0 Å². The van der Waals surface area contributed by atoms with Gasteiger partial charge in [0.2, 0.25) is 0 Å². The van der Waals surface area contributed by atoms with E-state index in [1.807, 2.05) is 3.21 Å². The second-order valence-electron chi connectivity index (χ2n) is 13.1. The summed E-state index contributed by atoms with van der Waals surface area (Å²) in [7, 11) is 0. The molecule has 4 rings (SSSR count). The van der Waals surface area contributed by atoms with Crippen LogP contribution in [0.3, 0.4) is 0 Å². The quantitative estimate of drug-likeness (QED) is 0.232. The molecule has 2 aliphatic carbocycles. The van der Waals surface area contributed by atoms with Crippen molar-refractivity contribution in [3.05, 3.63) is 74.1 Å². The zero-order valence-electron chi connectivity index (χ0n) is 25.1. The van der Waals surface area contributed by atoms with E-state index in [0.717, 1.165) is 6.42 Å². The molecule has 208 valence electrons. The molecule has 0 unspecified atom stereocenters. The fraction of sp³-hybridized carbons (Fsp3) is 0.514. The van der Waals surface area contributed by atoms with Gasteiger partial charge in [-0.15, -0.1) is 24.8 Å². The molecule has 0 saturated heterocycles. The Morgan fingerprint density at radius 2 is 1.39 bits per heavy atom. The van der Waals surface area contributed by atoms with Crippen molar-refractivity contribution in [2.75, 3.05) is 0 Å². The number of fused-ring (bicyclic) bond motifs is 3. The average Bonchev–Trinajstić information content (AvgIpc) is 3.47. The van der Waals surface area contributed by atoms with Crippen molar-refractivity contribution < 1.29 is 21.3 Å². The number of hydrogen-bond acceptors (Lipinski definition) is 0. The van der Waals surface area contributed by atoms with E-state index < -0.39 is 21.3 Å². The van der Waals surface area contributed by atoms with Crippen molar-refractivity contribution in [2.45, 2.75) is 118 Å². The van der Waals surface area contributed by atoms with Crippen LogP contribution in [0.25, 0.3) is 11.1 Å². The third kappa shape index (κ3) is 7.30. The standard InChI is InChI=1S/C21H25.C9H18.C5H5.2ClH.Zr/c1-20(2,3)16-9-7-14-11-15-8-10-17(21(4,5)6)13-19(15)18(14)12-16;1-3-5-7-9-8-6-4-2;1-2-4-5-3-1;;;/h7,9-10,12-13H,11H2,1-6H3;3-8H2,1-2H3;1-3H,4H2;2*1H;. The van der Waals surface area contributed by atoms with E-state index in [2.05, 4.69) is 104 Å². The smallest absolute Gasteiger partial charge is 0.147 e. The number of hydrogen-bond donors (Lipinski definition) is 0. The summed E-state index contributed by atoms with van der Waals surface area (Å²) in [6.45, 7) is 19.0. The van der Waals surface area contributed by atoms with Gasteiger partial charge in [-0.05, 0) is 0 Å². The predicted molar refractivity (Wildman–Crippen MR) is 172 cm³/mol. The van der Waals surface area contributed by atoms with Crippen molar-refractivity contribution in [3.63, 3.8) is 0 Å². The maximum absolute atomic E-state index is 2.70. The Hall–Kier alpha value is -0.747. The summed E-state index contributed by atoms with van der Waals surface area (Å²) in [5.74, 6) is 0. The van der Waals surface area contributed by atoms with Crippen LogP contribution in [0.5, 0.6) is 0 Å². The van der Waals surface area contributed by atoms with Gasteiger partial charge < -0.3 is 0 Å². The summed E-state index contributed by atoms with van der Waals surface area (Å²) in [5.41, 5.74) is 9.58. The molecule has 0 radical (unpaired) electrons. The van der Waals surface area contributed by atoms with E-state index in [1.54, 1.807) is 17.7 Å². The molecule has 0 heterocycles. The van der Waals surface area contributed by atoms with Gasteiger partial charge in [0, 0.05) is 0 Å². The second-order valence-corrected chi connectivity index (χ2v) is 19.6. The first-order valence-corrected chi connectivity index (χ1v) is 18.1. The van der Waals surface area contributed by atoms with E-state index in [-0.39, 0.29) is 35.6 Å². The van der Waals surface area contributed by atoms with Gasteiger partial charge in [0.15, 0.2) is 0 Å². The van der Waals surface area contributed by atoms with Gasteiger partial charge in [0.1, 0.15) is 0 Å². The zero-order valence-corrected chi connectivity index (χ0v) is 29.2. The van der Waals surface area contributed by atoms with Crippen LogP contribution in [-0.2, 0) is 38.5 Å². The van der Waals surface area contributed by atoms with Gasteiger partial charge in [-0.1, -0.05) is 0 Å². The van der Waals surface area contributed by atoms with E-state index in [1.165, 1.54) is 67.2 Å². The van der Waals surface area contributed by atoms with Crippen molar-refractivity contribution in [1.29, 1.82) is 0 Å². The molecule has 0 spiro atoms. The van der Waals surface area contributed by atoms with Gasteiger partial charge in [-0.2, -0.15) is 0 Å². The number of allylic oxidation sites excluding steroid dienone is 4. The third-order valence-corrected chi connectivity index (χ3v) is 16.0. The predicted octanol–water partition coefficient (Wildman–Crippen LogP) is 10.3. The third-order valence-electron chi connectivity index (χ3n) is 8.13. The Labute approximate surface area is 253 Å². The summed E-state index contributed by atoms with van der Waals surface area (Å²) in [5, 5.41) is 0. The molecule has 0 aromatic heterocycles. The van der Waals surface area contributed by atoms with Gasteiger partial charge in [0.05, 0.1) is 0 Å². The monoisotopic (exact) mass is 630 g/mol. The molecular weight excluding hydrogens is 583 g/mol. The molecule has 3 heteroatoms. The molecule has 0 atom stereocenters. The van der Waals surface area contributed by atoms with E-state index in [4.69, 9.17) is 0 Å². The summed E-state index contributed by atoms with van der Waals surface area (Å²) in [6.07, 6.45) is 17.5. The number of halogens is 2. The molecule has 38 heavy (non-hydrogen) atoms. The van der Waals surface area contributed by atoms with Gasteiger partial charge >= 0.3 is 231 Å². The molecule has 2 aromatic rings. The van der Waals surface area contributed by atoms with Crippen LogP contribution < -0.4 is 3.27 Å². The average molecular weight is 633 g/mol. The van der Waals surface area contributed by atoms with Gasteiger partial charge in [-0.3, -0.25) is 0 Å². The molecule has 2 aliphatic rings. The largest absolute Gasteiger partial charge is 0.147 e. The molecule has 0 amide bonds. The Bertz CT molecular complexity index is 1210. The van der Waals surface area contributed by atoms with Crippen molar-refractivity contribution >= 4 is 31.3 Å². The van der Waals surface area contributed by atoms with Crippen LogP contribution in [0.4, 0.5) is 0 Å². The number of benzene rings is 2. The fourth-order valence-electron chi connectivity index (χ4n) is 5.78.